The Labute approximate surface area is 126 Å². The van der Waals surface area contributed by atoms with E-state index >= 15 is 0 Å². The van der Waals surface area contributed by atoms with Crippen molar-refractivity contribution in [3.63, 3.8) is 0 Å². The van der Waals surface area contributed by atoms with Gasteiger partial charge in [0.05, 0.1) is 16.8 Å². The van der Waals surface area contributed by atoms with Crippen molar-refractivity contribution in [1.29, 1.82) is 0 Å². The highest BCUT2D eigenvalue weighted by molar-refractivity contribution is 7.16. The number of amides is 1. The van der Waals surface area contributed by atoms with Crippen molar-refractivity contribution in [3.8, 4) is 0 Å². The van der Waals surface area contributed by atoms with Crippen LogP contribution in [0.2, 0.25) is 0 Å². The number of ether oxygens (including phenoxy) is 1. The molecule has 2 rings (SSSR count). The molecule has 0 unspecified atom stereocenters. The highest BCUT2D eigenvalue weighted by Gasteiger charge is 2.12. The molecule has 0 fully saturated rings. The number of hydrogen-bond donors (Lipinski definition) is 0. The van der Waals surface area contributed by atoms with Crippen LogP contribution in [0.5, 0.6) is 0 Å². The maximum atomic E-state index is 14.1. The van der Waals surface area contributed by atoms with Gasteiger partial charge in [0.25, 0.3) is 5.91 Å². The van der Waals surface area contributed by atoms with Crippen LogP contribution in [-0.4, -0.2) is 23.7 Å². The lowest BCUT2D eigenvalue weighted by Crippen LogP contribution is -2.21. The molecule has 6 heteroatoms. The summed E-state index contributed by atoms with van der Waals surface area (Å²) in [5.41, 5.74) is 0.484. The normalized spacial score (nSPS) is 12.5. The molecule has 0 saturated carbocycles. The van der Waals surface area contributed by atoms with E-state index < -0.39 is 0 Å². The molecular weight excluding hydrogens is 291 g/mol. The molecule has 0 N–H and O–H groups in total. The van der Waals surface area contributed by atoms with Crippen molar-refractivity contribution in [2.75, 3.05) is 13.2 Å². The predicted octanol–water partition coefficient (Wildman–Crippen LogP) is 2.96. The molecule has 1 aromatic carbocycles. The highest BCUT2D eigenvalue weighted by Crippen LogP contribution is 2.20. The molecule has 0 spiro atoms. The van der Waals surface area contributed by atoms with E-state index in [9.17, 15) is 9.18 Å². The first-order valence-corrected chi connectivity index (χ1v) is 7.80. The largest absolute Gasteiger partial charge is 0.380 e. The molecule has 2 aromatic rings. The van der Waals surface area contributed by atoms with E-state index in [-0.39, 0.29) is 17.6 Å². The second-order valence-electron chi connectivity index (χ2n) is 4.92. The van der Waals surface area contributed by atoms with E-state index in [1.807, 2.05) is 13.0 Å². The van der Waals surface area contributed by atoms with Gasteiger partial charge in [0.2, 0.25) is 0 Å². The number of benzene rings is 1. The number of halogens is 1. The Kier molecular flexibility index (Phi) is 5.25. The first-order valence-electron chi connectivity index (χ1n) is 6.98. The lowest BCUT2D eigenvalue weighted by molar-refractivity contribution is -0.120. The molecule has 0 aliphatic heterocycles. The lowest BCUT2D eigenvalue weighted by atomic mass is 10.2. The van der Waals surface area contributed by atoms with E-state index in [1.54, 1.807) is 24.5 Å². The quantitative estimate of drug-likeness (QED) is 0.797. The number of nitrogens with zero attached hydrogens (tertiary/aromatic N) is 2. The minimum atomic E-state index is -0.307. The van der Waals surface area contributed by atoms with Crippen LogP contribution in [0.1, 0.15) is 20.8 Å². The van der Waals surface area contributed by atoms with Gasteiger partial charge < -0.3 is 9.30 Å². The van der Waals surface area contributed by atoms with Gasteiger partial charge in [0, 0.05) is 19.1 Å². The topological polar surface area (TPSA) is 43.6 Å². The summed E-state index contributed by atoms with van der Waals surface area (Å²) < 4.78 is 21.9. The summed E-state index contributed by atoms with van der Waals surface area (Å²) in [4.78, 5) is 16.5. The molecule has 0 aliphatic carbocycles. The number of para-hydroxylation sites is 1. The first kappa shape index (κ1) is 15.9. The highest BCUT2D eigenvalue weighted by atomic mass is 32.1. The zero-order chi connectivity index (χ0) is 15.4. The number of carbonyl (C=O) groups is 1. The van der Waals surface area contributed by atoms with Crippen LogP contribution in [0.15, 0.2) is 23.2 Å². The predicted molar refractivity (Wildman–Crippen MR) is 81.7 cm³/mol. The van der Waals surface area contributed by atoms with Gasteiger partial charge in [-0.1, -0.05) is 31.3 Å². The summed E-state index contributed by atoms with van der Waals surface area (Å²) in [6.07, 6.45) is 0. The Balaban J connectivity index is 2.55. The molecule has 4 nitrogen and oxygen atoms in total. The van der Waals surface area contributed by atoms with Crippen LogP contribution in [0.4, 0.5) is 4.39 Å². The minimum Gasteiger partial charge on any atom is -0.380 e. The third-order valence-corrected chi connectivity index (χ3v) is 4.06. The van der Waals surface area contributed by atoms with Crippen LogP contribution >= 0.6 is 11.3 Å². The van der Waals surface area contributed by atoms with E-state index in [4.69, 9.17) is 4.74 Å². The molecule has 0 saturated heterocycles. The van der Waals surface area contributed by atoms with Crippen LogP contribution in [0, 0.1) is 11.7 Å². The van der Waals surface area contributed by atoms with E-state index in [0.717, 1.165) is 4.70 Å². The van der Waals surface area contributed by atoms with Crippen molar-refractivity contribution in [3.05, 3.63) is 28.8 Å². The van der Waals surface area contributed by atoms with Crippen molar-refractivity contribution < 1.29 is 13.9 Å². The third kappa shape index (κ3) is 3.57. The van der Waals surface area contributed by atoms with Gasteiger partial charge in [-0.3, -0.25) is 4.79 Å². The van der Waals surface area contributed by atoms with Gasteiger partial charge in [-0.25, -0.2) is 4.39 Å². The summed E-state index contributed by atoms with van der Waals surface area (Å²) in [6, 6.07) is 4.91. The van der Waals surface area contributed by atoms with Crippen molar-refractivity contribution in [1.82, 2.24) is 4.57 Å². The monoisotopic (exact) mass is 310 g/mol. The molecule has 0 bridgehead atoms. The van der Waals surface area contributed by atoms with Crippen molar-refractivity contribution >= 4 is 27.5 Å². The number of thiazole rings is 1. The average molecular weight is 310 g/mol. The fourth-order valence-electron chi connectivity index (χ4n) is 1.90. The van der Waals surface area contributed by atoms with Gasteiger partial charge in [-0.05, 0) is 19.1 Å². The fraction of sp³-hybridized carbons (Fsp3) is 0.467. The number of fused-ring (bicyclic) bond motifs is 1. The van der Waals surface area contributed by atoms with Crippen LogP contribution < -0.4 is 4.80 Å². The molecule has 1 heterocycles. The van der Waals surface area contributed by atoms with E-state index in [1.165, 1.54) is 17.4 Å². The molecule has 21 heavy (non-hydrogen) atoms. The number of carbonyl (C=O) groups excluding carboxylic acids is 1. The van der Waals surface area contributed by atoms with Crippen LogP contribution in [0.3, 0.4) is 0 Å². The second-order valence-corrected chi connectivity index (χ2v) is 5.93. The minimum absolute atomic E-state index is 0.180. The summed E-state index contributed by atoms with van der Waals surface area (Å²) in [7, 11) is 0. The Bertz CT molecular complexity index is 703. The van der Waals surface area contributed by atoms with Gasteiger partial charge in [-0.2, -0.15) is 4.99 Å². The van der Waals surface area contributed by atoms with Gasteiger partial charge >= 0.3 is 0 Å². The maximum absolute atomic E-state index is 14.1. The number of hydrogen-bond acceptors (Lipinski definition) is 3. The Morgan fingerprint density at radius 3 is 2.90 bits per heavy atom. The molecule has 0 aliphatic rings. The van der Waals surface area contributed by atoms with E-state index in [2.05, 4.69) is 4.99 Å². The lowest BCUT2D eigenvalue weighted by Gasteiger charge is -2.06. The molecule has 1 aromatic heterocycles. The molecule has 0 atom stereocenters. The second kappa shape index (κ2) is 6.95. The Morgan fingerprint density at radius 1 is 1.48 bits per heavy atom. The van der Waals surface area contributed by atoms with Crippen LogP contribution in [0.25, 0.3) is 10.2 Å². The standard InChI is InChI=1S/C15H19FN2O2S/c1-4-20-9-8-18-13-11(16)6-5-7-12(13)21-15(18)17-14(19)10(2)3/h5-7,10H,4,8-9H2,1-3H3. The average Bonchev–Trinajstić information content (AvgIpc) is 2.78. The third-order valence-electron chi connectivity index (χ3n) is 3.01. The summed E-state index contributed by atoms with van der Waals surface area (Å²) in [6.45, 7) is 7.03. The van der Waals surface area contributed by atoms with Crippen molar-refractivity contribution in [2.45, 2.75) is 27.3 Å². The molecule has 1 amide bonds. The van der Waals surface area contributed by atoms with Gasteiger partial charge in [0.1, 0.15) is 5.82 Å². The summed E-state index contributed by atoms with van der Waals surface area (Å²) >= 11 is 1.32. The number of aromatic nitrogens is 1. The van der Waals surface area contributed by atoms with E-state index in [0.29, 0.717) is 30.1 Å². The zero-order valence-electron chi connectivity index (χ0n) is 12.4. The zero-order valence-corrected chi connectivity index (χ0v) is 13.2. The molecule has 114 valence electrons. The summed E-state index contributed by atoms with van der Waals surface area (Å²) in [5, 5.41) is 0. The number of rotatable bonds is 5. The first-order chi connectivity index (χ1) is 10.0. The van der Waals surface area contributed by atoms with Crippen molar-refractivity contribution in [2.24, 2.45) is 10.9 Å². The van der Waals surface area contributed by atoms with Crippen LogP contribution in [-0.2, 0) is 16.1 Å². The maximum Gasteiger partial charge on any atom is 0.250 e. The molecular formula is C15H19FN2O2S. The summed E-state index contributed by atoms with van der Waals surface area (Å²) in [5.74, 6) is -0.689. The smallest absolute Gasteiger partial charge is 0.250 e. The van der Waals surface area contributed by atoms with Gasteiger partial charge in [-0.15, -0.1) is 0 Å². The van der Waals surface area contributed by atoms with Gasteiger partial charge in [0.15, 0.2) is 4.80 Å². The Hall–Kier alpha value is -1.53. The SMILES string of the molecule is CCOCCn1c(=NC(=O)C(C)C)sc2cccc(F)c21. The molecule has 0 radical (unpaired) electrons. The fourth-order valence-corrected chi connectivity index (χ4v) is 2.98. The Morgan fingerprint density at radius 2 is 2.24 bits per heavy atom.